The molecule has 0 unspecified atom stereocenters. The molecule has 0 aliphatic heterocycles. The first-order chi connectivity index (χ1) is 11.1. The van der Waals surface area contributed by atoms with Crippen molar-refractivity contribution < 1.29 is 14.3 Å². The third kappa shape index (κ3) is 4.00. The number of ketones is 1. The summed E-state index contributed by atoms with van der Waals surface area (Å²) >= 11 is 4.57. The summed E-state index contributed by atoms with van der Waals surface area (Å²) in [6.07, 6.45) is 0. The van der Waals surface area contributed by atoms with Gasteiger partial charge in [0.1, 0.15) is 5.75 Å². The summed E-state index contributed by atoms with van der Waals surface area (Å²) in [6, 6.07) is 13.7. The monoisotopic (exact) mass is 390 g/mol. The lowest BCUT2D eigenvalue weighted by Crippen LogP contribution is -2.01. The normalized spacial score (nSPS) is 10.7. The second-order valence-electron chi connectivity index (χ2n) is 4.64. The molecule has 1 N–H and O–H groups in total. The van der Waals surface area contributed by atoms with Crippen LogP contribution in [0, 0.1) is 0 Å². The number of hydrogen-bond donors (Lipinski definition) is 1. The summed E-state index contributed by atoms with van der Waals surface area (Å²) in [5.74, 6) is 0.651. The minimum Gasteiger partial charge on any atom is -0.508 e. The molecular formula is C16H11BrN2O3S. The predicted octanol–water partition coefficient (Wildman–Crippen LogP) is 4.18. The van der Waals surface area contributed by atoms with Crippen LogP contribution in [-0.4, -0.2) is 26.8 Å². The minimum absolute atomic E-state index is 0.0720. The number of aromatic hydroxyl groups is 1. The Balaban J connectivity index is 1.65. The fourth-order valence-corrected chi connectivity index (χ4v) is 2.92. The Morgan fingerprint density at radius 3 is 2.70 bits per heavy atom. The van der Waals surface area contributed by atoms with Gasteiger partial charge in [-0.3, -0.25) is 4.79 Å². The Morgan fingerprint density at radius 2 is 1.96 bits per heavy atom. The van der Waals surface area contributed by atoms with Crippen LogP contribution in [0.3, 0.4) is 0 Å². The zero-order valence-corrected chi connectivity index (χ0v) is 14.2. The number of aromatic nitrogens is 2. The van der Waals surface area contributed by atoms with Gasteiger partial charge in [-0.2, -0.15) is 0 Å². The lowest BCUT2D eigenvalue weighted by molar-refractivity contribution is 0.102. The largest absolute Gasteiger partial charge is 0.508 e. The summed E-state index contributed by atoms with van der Waals surface area (Å²) in [7, 11) is 0. The molecule has 2 aromatic carbocycles. The van der Waals surface area contributed by atoms with E-state index in [9.17, 15) is 9.90 Å². The maximum atomic E-state index is 12.1. The molecule has 0 aliphatic carbocycles. The second-order valence-corrected chi connectivity index (χ2v) is 6.48. The smallest absolute Gasteiger partial charge is 0.277 e. The highest BCUT2D eigenvalue weighted by molar-refractivity contribution is 9.10. The van der Waals surface area contributed by atoms with Gasteiger partial charge in [0.15, 0.2) is 5.78 Å². The highest BCUT2D eigenvalue weighted by Gasteiger charge is 2.12. The van der Waals surface area contributed by atoms with E-state index in [1.807, 2.05) is 24.3 Å². The van der Waals surface area contributed by atoms with Crippen molar-refractivity contribution in [2.75, 3.05) is 5.75 Å². The quantitative estimate of drug-likeness (QED) is 0.520. The fourth-order valence-electron chi connectivity index (χ4n) is 1.86. The van der Waals surface area contributed by atoms with Gasteiger partial charge in [-0.05, 0) is 42.5 Å². The molecule has 7 heteroatoms. The zero-order chi connectivity index (χ0) is 16.2. The van der Waals surface area contributed by atoms with E-state index in [0.717, 1.165) is 10.0 Å². The van der Waals surface area contributed by atoms with Gasteiger partial charge in [0, 0.05) is 15.6 Å². The first-order valence-corrected chi connectivity index (χ1v) is 8.44. The Bertz CT molecular complexity index is 833. The molecule has 1 heterocycles. The number of rotatable bonds is 5. The third-order valence-electron chi connectivity index (χ3n) is 2.99. The van der Waals surface area contributed by atoms with Gasteiger partial charge in [0.05, 0.1) is 5.75 Å². The van der Waals surface area contributed by atoms with Crippen molar-refractivity contribution in [1.82, 2.24) is 10.2 Å². The van der Waals surface area contributed by atoms with Crippen molar-refractivity contribution in [1.29, 1.82) is 0 Å². The van der Waals surface area contributed by atoms with E-state index >= 15 is 0 Å². The van der Waals surface area contributed by atoms with Crippen LogP contribution in [0.15, 0.2) is 62.6 Å². The van der Waals surface area contributed by atoms with Crippen molar-refractivity contribution in [2.45, 2.75) is 5.22 Å². The molecule has 1 aromatic heterocycles. The Hall–Kier alpha value is -2.12. The van der Waals surface area contributed by atoms with Gasteiger partial charge >= 0.3 is 0 Å². The van der Waals surface area contributed by atoms with E-state index in [1.165, 1.54) is 23.9 Å². The number of hydrogen-bond acceptors (Lipinski definition) is 6. The van der Waals surface area contributed by atoms with Crippen LogP contribution < -0.4 is 0 Å². The molecule has 0 radical (unpaired) electrons. The lowest BCUT2D eigenvalue weighted by Gasteiger charge is -1.99. The number of nitrogens with zero attached hydrogens (tertiary/aromatic N) is 2. The van der Waals surface area contributed by atoms with E-state index in [0.29, 0.717) is 16.7 Å². The molecule has 5 nitrogen and oxygen atoms in total. The van der Waals surface area contributed by atoms with Crippen LogP contribution in [0.2, 0.25) is 0 Å². The molecule has 0 saturated carbocycles. The molecule has 0 saturated heterocycles. The van der Waals surface area contributed by atoms with E-state index in [-0.39, 0.29) is 17.3 Å². The first-order valence-electron chi connectivity index (χ1n) is 6.66. The highest BCUT2D eigenvalue weighted by atomic mass is 79.9. The molecule has 0 amide bonds. The van der Waals surface area contributed by atoms with Crippen LogP contribution in [0.1, 0.15) is 10.4 Å². The van der Waals surface area contributed by atoms with Gasteiger partial charge in [0.2, 0.25) is 5.89 Å². The number of benzene rings is 2. The standard InChI is InChI=1S/C16H11BrN2O3S/c17-12-3-1-2-11(8-12)15-18-19-16(22-15)23-9-14(21)10-4-6-13(20)7-5-10/h1-8,20H,9H2. The van der Waals surface area contributed by atoms with Crippen LogP contribution >= 0.6 is 27.7 Å². The van der Waals surface area contributed by atoms with E-state index in [2.05, 4.69) is 26.1 Å². The molecule has 23 heavy (non-hydrogen) atoms. The van der Waals surface area contributed by atoms with E-state index in [4.69, 9.17) is 4.42 Å². The number of Topliss-reactive ketones (excluding diaryl/α,β-unsaturated/α-hetero) is 1. The minimum atomic E-state index is -0.0720. The molecule has 3 rings (SSSR count). The molecule has 0 fully saturated rings. The van der Waals surface area contributed by atoms with E-state index in [1.54, 1.807) is 12.1 Å². The Morgan fingerprint density at radius 1 is 1.17 bits per heavy atom. The molecular weight excluding hydrogens is 380 g/mol. The maximum absolute atomic E-state index is 12.1. The van der Waals surface area contributed by atoms with Crippen LogP contribution in [0.4, 0.5) is 0 Å². The molecule has 0 atom stereocenters. The van der Waals surface area contributed by atoms with Gasteiger partial charge in [-0.25, -0.2) is 0 Å². The van der Waals surface area contributed by atoms with Gasteiger partial charge in [-0.1, -0.05) is 33.8 Å². The second kappa shape index (κ2) is 6.97. The highest BCUT2D eigenvalue weighted by Crippen LogP contribution is 2.25. The van der Waals surface area contributed by atoms with Crippen LogP contribution in [0.25, 0.3) is 11.5 Å². The average Bonchev–Trinajstić information content (AvgIpc) is 3.02. The van der Waals surface area contributed by atoms with E-state index < -0.39 is 0 Å². The average molecular weight is 391 g/mol. The van der Waals surface area contributed by atoms with Crippen molar-refractivity contribution in [3.05, 3.63) is 58.6 Å². The van der Waals surface area contributed by atoms with Crippen molar-refractivity contribution in [3.8, 4) is 17.2 Å². The number of carbonyl (C=O) groups is 1. The number of thioether (sulfide) groups is 1. The zero-order valence-electron chi connectivity index (χ0n) is 11.8. The van der Waals surface area contributed by atoms with Crippen molar-refractivity contribution >= 4 is 33.5 Å². The molecule has 0 aliphatic rings. The number of halogens is 1. The van der Waals surface area contributed by atoms with Gasteiger partial charge in [0.25, 0.3) is 5.22 Å². The summed E-state index contributed by atoms with van der Waals surface area (Å²) in [5, 5.41) is 17.5. The molecule has 0 bridgehead atoms. The Kier molecular flexibility index (Phi) is 4.78. The molecule has 3 aromatic rings. The first kappa shape index (κ1) is 15.8. The van der Waals surface area contributed by atoms with Gasteiger partial charge < -0.3 is 9.52 Å². The summed E-state index contributed by atoms with van der Waals surface area (Å²) in [4.78, 5) is 12.1. The maximum Gasteiger partial charge on any atom is 0.277 e. The topological polar surface area (TPSA) is 76.2 Å². The van der Waals surface area contributed by atoms with Crippen molar-refractivity contribution in [3.63, 3.8) is 0 Å². The summed E-state index contributed by atoms with van der Waals surface area (Å²) < 4.78 is 6.48. The number of carbonyl (C=O) groups excluding carboxylic acids is 1. The number of phenols is 1. The summed E-state index contributed by atoms with van der Waals surface area (Å²) in [5.41, 5.74) is 1.34. The van der Waals surface area contributed by atoms with Gasteiger partial charge in [-0.15, -0.1) is 10.2 Å². The van der Waals surface area contributed by atoms with Crippen molar-refractivity contribution in [2.24, 2.45) is 0 Å². The molecule has 0 spiro atoms. The SMILES string of the molecule is O=C(CSc1nnc(-c2cccc(Br)c2)o1)c1ccc(O)cc1. The predicted molar refractivity (Wildman–Crippen MR) is 90.6 cm³/mol. The third-order valence-corrected chi connectivity index (χ3v) is 4.31. The lowest BCUT2D eigenvalue weighted by atomic mass is 10.1. The fraction of sp³-hybridized carbons (Fsp3) is 0.0625. The Labute approximate surface area is 144 Å². The molecule has 116 valence electrons. The van der Waals surface area contributed by atoms with Crippen LogP contribution in [-0.2, 0) is 0 Å². The van der Waals surface area contributed by atoms with Crippen LogP contribution in [0.5, 0.6) is 5.75 Å². The number of phenolic OH excluding ortho intramolecular Hbond substituents is 1. The summed E-state index contributed by atoms with van der Waals surface area (Å²) in [6.45, 7) is 0.